The summed E-state index contributed by atoms with van der Waals surface area (Å²) in [4.78, 5) is 51.3. The average Bonchev–Trinajstić information content (AvgIpc) is 3.45. The van der Waals surface area contributed by atoms with E-state index in [1.165, 1.54) is 154 Å². The molecule has 3 N–H and O–H groups in total. The third-order valence-corrected chi connectivity index (χ3v) is 15.3. The van der Waals surface area contributed by atoms with Crippen molar-refractivity contribution < 1.29 is 58.2 Å². The van der Waals surface area contributed by atoms with Crippen molar-refractivity contribution in [3.63, 3.8) is 0 Å². The van der Waals surface area contributed by atoms with Crippen molar-refractivity contribution in [2.24, 2.45) is 0 Å². The Morgan fingerprint density at radius 3 is 1.16 bits per heavy atom. The van der Waals surface area contributed by atoms with Crippen LogP contribution in [0.4, 0.5) is 0 Å². The first-order valence-corrected chi connectivity index (χ1v) is 33.6. The van der Waals surface area contributed by atoms with E-state index in [-0.39, 0.29) is 25.9 Å². The number of ether oxygens (including phenoxy) is 5. The molecule has 81 heavy (non-hydrogen) atoms. The summed E-state index contributed by atoms with van der Waals surface area (Å²) in [7, 11) is 0. The number of aliphatic carboxylic acids is 1. The molecule has 0 aromatic heterocycles. The smallest absolute Gasteiger partial charge is 0.335 e. The lowest BCUT2D eigenvalue weighted by molar-refractivity contribution is -0.301. The third-order valence-electron chi connectivity index (χ3n) is 15.3. The van der Waals surface area contributed by atoms with Gasteiger partial charge in [-0.15, -0.1) is 0 Å². The van der Waals surface area contributed by atoms with Gasteiger partial charge in [0.25, 0.3) is 0 Å². The zero-order chi connectivity index (χ0) is 58.9. The number of esters is 3. The van der Waals surface area contributed by atoms with Gasteiger partial charge in [-0.1, -0.05) is 243 Å². The summed E-state index contributed by atoms with van der Waals surface area (Å²) >= 11 is 0. The molecule has 1 aliphatic rings. The number of unbranched alkanes of at least 4 members (excludes halogenated alkanes) is 36. The largest absolute Gasteiger partial charge is 0.479 e. The Morgan fingerprint density at radius 2 is 0.741 bits per heavy atom. The molecule has 1 heterocycles. The predicted molar refractivity (Wildman–Crippen MR) is 331 cm³/mol. The van der Waals surface area contributed by atoms with Crippen LogP contribution in [0.25, 0.3) is 0 Å². The van der Waals surface area contributed by atoms with Gasteiger partial charge in [0, 0.05) is 19.3 Å². The van der Waals surface area contributed by atoms with Crippen molar-refractivity contribution in [3.05, 3.63) is 48.6 Å². The highest BCUT2D eigenvalue weighted by Crippen LogP contribution is 2.27. The predicted octanol–water partition coefficient (Wildman–Crippen LogP) is 18.1. The summed E-state index contributed by atoms with van der Waals surface area (Å²) in [5.41, 5.74) is 0. The number of aliphatic hydroxyl groups is 2. The normalized spacial score (nSPS) is 18.0. The van der Waals surface area contributed by atoms with Gasteiger partial charge in [0.15, 0.2) is 24.6 Å². The lowest BCUT2D eigenvalue weighted by Gasteiger charge is -2.40. The Hall–Kier alpha value is -3.32. The molecule has 0 amide bonds. The highest BCUT2D eigenvalue weighted by atomic mass is 16.7. The van der Waals surface area contributed by atoms with Crippen molar-refractivity contribution in [3.8, 4) is 0 Å². The van der Waals surface area contributed by atoms with Crippen LogP contribution in [0.5, 0.6) is 0 Å². The molecule has 6 atom stereocenters. The summed E-state index contributed by atoms with van der Waals surface area (Å²) in [6.45, 7) is 5.98. The van der Waals surface area contributed by atoms with Gasteiger partial charge in [-0.05, 0) is 103 Å². The Balaban J connectivity index is 2.62. The van der Waals surface area contributed by atoms with Gasteiger partial charge in [-0.2, -0.15) is 0 Å². The summed E-state index contributed by atoms with van der Waals surface area (Å²) in [6.07, 6.45) is 57.8. The van der Waals surface area contributed by atoms with E-state index in [0.29, 0.717) is 19.3 Å². The van der Waals surface area contributed by atoms with E-state index >= 15 is 0 Å². The number of allylic oxidation sites excluding steroid dienone is 8. The minimum Gasteiger partial charge on any atom is -0.479 e. The number of carboxylic acid groups (broad SMARTS) is 1. The number of carbonyl (C=O) groups excluding carboxylic acids is 3. The van der Waals surface area contributed by atoms with Gasteiger partial charge < -0.3 is 39.0 Å². The van der Waals surface area contributed by atoms with Crippen LogP contribution in [-0.4, -0.2) is 89.2 Å². The molecule has 1 saturated heterocycles. The molecular weight excluding hydrogens is 1020 g/mol. The van der Waals surface area contributed by atoms with E-state index < -0.39 is 67.3 Å². The minimum absolute atomic E-state index is 0.0590. The number of carbonyl (C=O) groups is 4. The van der Waals surface area contributed by atoms with Crippen LogP contribution in [0.2, 0.25) is 0 Å². The molecule has 470 valence electrons. The van der Waals surface area contributed by atoms with Crippen molar-refractivity contribution in [2.45, 2.75) is 353 Å². The fraction of sp³-hybridized carbons (Fsp3) is 0.826. The van der Waals surface area contributed by atoms with Gasteiger partial charge in [-0.25, -0.2) is 4.79 Å². The molecule has 0 radical (unpaired) electrons. The molecule has 0 bridgehead atoms. The Labute approximate surface area is 494 Å². The van der Waals surface area contributed by atoms with Crippen LogP contribution in [0.1, 0.15) is 316 Å². The minimum atomic E-state index is -1.90. The second-order valence-electron chi connectivity index (χ2n) is 23.1. The fourth-order valence-electron chi connectivity index (χ4n) is 10.2. The van der Waals surface area contributed by atoms with Gasteiger partial charge in [0.2, 0.25) is 0 Å². The molecule has 0 saturated carbocycles. The van der Waals surface area contributed by atoms with E-state index in [9.17, 15) is 34.5 Å². The van der Waals surface area contributed by atoms with Gasteiger partial charge in [0.1, 0.15) is 18.8 Å². The standard InChI is InChI=1S/C69H122O12/c1-4-7-10-13-16-19-22-25-27-29-31-33-35-38-40-43-46-49-52-55-61(70)77-58-60(79-62(71)56-53-50-47-44-41-37-24-21-18-15-12-9-6-3)59-78-69-67(65(74)64(73)66(81-69)68(75)76)80-63(72)57-54-51-48-45-42-39-36-34-32-30-28-26-23-20-17-14-11-8-5-2/h16,19,21,24-28,60,64-67,69,73-74H,4-15,17-18,20,22-23,29-59H2,1-3H3,(H,75,76)/b19-16-,24-21-,27-25-,28-26-. The maximum atomic E-state index is 13.2. The Morgan fingerprint density at radius 1 is 0.407 bits per heavy atom. The summed E-state index contributed by atoms with van der Waals surface area (Å²) in [5, 5.41) is 31.6. The van der Waals surface area contributed by atoms with E-state index in [1.54, 1.807) is 0 Å². The summed E-state index contributed by atoms with van der Waals surface area (Å²) in [5.74, 6) is -3.11. The van der Waals surface area contributed by atoms with Crippen molar-refractivity contribution in [2.75, 3.05) is 13.2 Å². The van der Waals surface area contributed by atoms with E-state index in [2.05, 4.69) is 69.4 Å². The lowest BCUT2D eigenvalue weighted by atomic mass is 9.98. The van der Waals surface area contributed by atoms with Gasteiger partial charge in [-0.3, -0.25) is 14.4 Å². The molecule has 0 aromatic rings. The molecule has 1 fully saturated rings. The second kappa shape index (κ2) is 57.1. The van der Waals surface area contributed by atoms with Gasteiger partial charge >= 0.3 is 23.9 Å². The summed E-state index contributed by atoms with van der Waals surface area (Å²) in [6, 6.07) is 0. The maximum absolute atomic E-state index is 13.2. The first-order valence-electron chi connectivity index (χ1n) is 33.6. The first-order chi connectivity index (χ1) is 39.6. The van der Waals surface area contributed by atoms with E-state index in [0.717, 1.165) is 103 Å². The molecule has 0 spiro atoms. The lowest BCUT2D eigenvalue weighted by Crippen LogP contribution is -2.61. The first kappa shape index (κ1) is 75.7. The maximum Gasteiger partial charge on any atom is 0.335 e. The van der Waals surface area contributed by atoms with Crippen LogP contribution in [0.15, 0.2) is 48.6 Å². The molecule has 12 heteroatoms. The second-order valence-corrected chi connectivity index (χ2v) is 23.1. The van der Waals surface area contributed by atoms with Crippen LogP contribution in [0.3, 0.4) is 0 Å². The quantitative estimate of drug-likeness (QED) is 0.0228. The van der Waals surface area contributed by atoms with E-state index in [4.69, 9.17) is 23.7 Å². The highest BCUT2D eigenvalue weighted by molar-refractivity contribution is 5.74. The SMILES string of the molecule is CCCCC/C=C\C/C=C\CCCCCCCCCCCC(=O)OCC(COC1OC(C(=O)O)C(O)C(O)C1OC(=O)CCCCCCCCCCC/C=C\CCCCCCCC)OC(=O)CCCCCCC/C=C\CCCCCC. The number of carboxylic acids is 1. The zero-order valence-electron chi connectivity index (χ0n) is 52.0. The number of hydrogen-bond donors (Lipinski definition) is 3. The van der Waals surface area contributed by atoms with Gasteiger partial charge in [0.05, 0.1) is 6.61 Å². The Kier molecular flexibility index (Phi) is 53.4. The number of aliphatic hydroxyl groups excluding tert-OH is 2. The van der Waals surface area contributed by atoms with Crippen LogP contribution < -0.4 is 0 Å². The average molecular weight is 1140 g/mol. The number of rotatable bonds is 58. The van der Waals surface area contributed by atoms with Crippen LogP contribution in [-0.2, 0) is 42.9 Å². The van der Waals surface area contributed by atoms with Crippen molar-refractivity contribution >= 4 is 23.9 Å². The zero-order valence-corrected chi connectivity index (χ0v) is 52.0. The summed E-state index contributed by atoms with van der Waals surface area (Å²) < 4.78 is 28.6. The van der Waals surface area contributed by atoms with Crippen molar-refractivity contribution in [1.29, 1.82) is 0 Å². The molecule has 6 unspecified atom stereocenters. The molecule has 12 nitrogen and oxygen atoms in total. The van der Waals surface area contributed by atoms with Crippen molar-refractivity contribution in [1.82, 2.24) is 0 Å². The molecule has 0 aromatic carbocycles. The van der Waals surface area contributed by atoms with Crippen LogP contribution in [0, 0.1) is 0 Å². The molecule has 1 aliphatic heterocycles. The molecular formula is C69H122O12. The molecule has 0 aliphatic carbocycles. The Bertz CT molecular complexity index is 1590. The van der Waals surface area contributed by atoms with E-state index in [1.807, 2.05) is 0 Å². The highest BCUT2D eigenvalue weighted by Gasteiger charge is 2.50. The third kappa shape index (κ3) is 46.7. The monoisotopic (exact) mass is 1140 g/mol. The van der Waals surface area contributed by atoms with Crippen LogP contribution >= 0.6 is 0 Å². The fourth-order valence-corrected chi connectivity index (χ4v) is 10.2. The number of hydrogen-bond acceptors (Lipinski definition) is 11. The topological polar surface area (TPSA) is 175 Å². The molecule has 1 rings (SSSR count).